The minimum Gasteiger partial charge on any atom is -0.356 e. The molecule has 0 N–H and O–H groups in total. The summed E-state index contributed by atoms with van der Waals surface area (Å²) >= 11 is 2.03. The predicted octanol–water partition coefficient (Wildman–Crippen LogP) is 4.01. The van der Waals surface area contributed by atoms with Gasteiger partial charge in [0.15, 0.2) is 11.9 Å². The Kier molecular flexibility index (Phi) is 3.52. The maximum atomic E-state index is 13.2. The van der Waals surface area contributed by atoms with Crippen molar-refractivity contribution in [1.29, 1.82) is 0 Å². The molecule has 4 heterocycles. The van der Waals surface area contributed by atoms with Crippen molar-refractivity contribution in [2.45, 2.75) is 31.7 Å². The summed E-state index contributed by atoms with van der Waals surface area (Å²) in [6, 6.07) is 4.05. The molecule has 0 bridgehead atoms. The zero-order chi connectivity index (χ0) is 16.2. The van der Waals surface area contributed by atoms with Crippen molar-refractivity contribution in [3.63, 3.8) is 0 Å². The third-order valence-corrected chi connectivity index (χ3v) is 4.73. The fourth-order valence-corrected chi connectivity index (χ4v) is 3.69. The van der Waals surface area contributed by atoms with Crippen LogP contribution < -0.4 is 0 Å². The summed E-state index contributed by atoms with van der Waals surface area (Å²) in [6.07, 6.45) is -1.96. The van der Waals surface area contributed by atoms with Crippen molar-refractivity contribution in [3.05, 3.63) is 27.6 Å². The Morgan fingerprint density at radius 3 is 2.74 bits per heavy atom. The van der Waals surface area contributed by atoms with Crippen LogP contribution in [0.1, 0.15) is 31.2 Å². The van der Waals surface area contributed by atoms with Gasteiger partial charge in [0.1, 0.15) is 9.39 Å². The smallest absolute Gasteiger partial charge is 0.356 e. The van der Waals surface area contributed by atoms with Crippen molar-refractivity contribution in [2.75, 3.05) is 6.61 Å². The van der Waals surface area contributed by atoms with E-state index < -0.39 is 11.9 Å². The van der Waals surface area contributed by atoms with Gasteiger partial charge < -0.3 is 4.74 Å². The summed E-state index contributed by atoms with van der Waals surface area (Å²) in [4.78, 5) is 0. The average Bonchev–Trinajstić information content (AvgIpc) is 3.05. The van der Waals surface area contributed by atoms with Gasteiger partial charge in [0.25, 0.3) is 0 Å². The van der Waals surface area contributed by atoms with Crippen LogP contribution in [0.25, 0.3) is 16.6 Å². The molecule has 4 rings (SSSR count). The van der Waals surface area contributed by atoms with Crippen LogP contribution in [-0.2, 0) is 10.9 Å². The van der Waals surface area contributed by atoms with Gasteiger partial charge in [0, 0.05) is 6.61 Å². The Hall–Kier alpha value is -1.36. The number of pyridine rings is 1. The summed E-state index contributed by atoms with van der Waals surface area (Å²) in [5, 5.41) is 9.26. The van der Waals surface area contributed by atoms with Crippen molar-refractivity contribution in [1.82, 2.24) is 19.4 Å². The second kappa shape index (κ2) is 5.33. The first-order valence-corrected chi connectivity index (χ1v) is 8.29. The lowest BCUT2D eigenvalue weighted by molar-refractivity contribution is -0.142. The van der Waals surface area contributed by atoms with Crippen molar-refractivity contribution >= 4 is 39.1 Å². The van der Waals surface area contributed by atoms with Crippen LogP contribution in [0.5, 0.6) is 0 Å². The first-order valence-electron chi connectivity index (χ1n) is 7.21. The molecule has 9 heteroatoms. The van der Waals surface area contributed by atoms with Crippen LogP contribution in [0.15, 0.2) is 18.2 Å². The quantitative estimate of drug-likeness (QED) is 0.542. The lowest BCUT2D eigenvalue weighted by Gasteiger charge is -2.22. The number of halogens is 4. The van der Waals surface area contributed by atoms with E-state index in [1.54, 1.807) is 10.7 Å². The number of hydrogen-bond donors (Lipinski definition) is 0. The summed E-state index contributed by atoms with van der Waals surface area (Å²) in [7, 11) is 0. The van der Waals surface area contributed by atoms with E-state index in [-0.39, 0.29) is 6.23 Å². The Morgan fingerprint density at radius 2 is 2.04 bits per heavy atom. The molecule has 0 amide bonds. The Balaban J connectivity index is 1.98. The zero-order valence-electron chi connectivity index (χ0n) is 11.8. The van der Waals surface area contributed by atoms with Crippen LogP contribution in [0, 0.1) is 3.70 Å². The number of nitrogens with zero attached hydrogens (tertiary/aromatic N) is 4. The number of rotatable bonds is 1. The van der Waals surface area contributed by atoms with Crippen LogP contribution >= 0.6 is 22.6 Å². The van der Waals surface area contributed by atoms with Gasteiger partial charge in [-0.3, -0.25) is 0 Å². The Bertz CT molecular complexity index is 880. The highest BCUT2D eigenvalue weighted by Gasteiger charge is 2.35. The molecule has 0 spiro atoms. The maximum absolute atomic E-state index is 13.2. The van der Waals surface area contributed by atoms with E-state index in [4.69, 9.17) is 4.74 Å². The van der Waals surface area contributed by atoms with E-state index in [1.807, 2.05) is 22.6 Å². The summed E-state index contributed by atoms with van der Waals surface area (Å²) in [5.74, 6) is 0. The van der Waals surface area contributed by atoms with Gasteiger partial charge in [-0.1, -0.05) is 6.07 Å². The van der Waals surface area contributed by atoms with Crippen LogP contribution in [-0.4, -0.2) is 26.0 Å². The van der Waals surface area contributed by atoms with Gasteiger partial charge in [0.05, 0.1) is 10.9 Å². The SMILES string of the molecule is FC(F)(F)c1cccc2c3c(I)nn(C4CCCCO4)c3nn12. The van der Waals surface area contributed by atoms with Gasteiger partial charge >= 0.3 is 6.18 Å². The van der Waals surface area contributed by atoms with E-state index in [2.05, 4.69) is 10.2 Å². The highest BCUT2D eigenvalue weighted by Crippen LogP contribution is 2.34. The molecule has 0 saturated carbocycles. The largest absolute Gasteiger partial charge is 0.433 e. The van der Waals surface area contributed by atoms with Crippen molar-refractivity contribution < 1.29 is 17.9 Å². The molecule has 0 aromatic carbocycles. The molecule has 23 heavy (non-hydrogen) atoms. The fraction of sp³-hybridized carbons (Fsp3) is 0.429. The third kappa shape index (κ3) is 2.40. The molecule has 122 valence electrons. The van der Waals surface area contributed by atoms with Crippen LogP contribution in [0.3, 0.4) is 0 Å². The maximum Gasteiger partial charge on any atom is 0.433 e. The molecular formula is C14H12F3IN4O. The molecule has 1 unspecified atom stereocenters. The molecule has 1 aliphatic heterocycles. The van der Waals surface area contributed by atoms with E-state index in [1.165, 1.54) is 6.07 Å². The van der Waals surface area contributed by atoms with Crippen molar-refractivity contribution in [2.24, 2.45) is 0 Å². The number of aromatic nitrogens is 4. The monoisotopic (exact) mass is 436 g/mol. The molecule has 1 aliphatic rings. The lowest BCUT2D eigenvalue weighted by atomic mass is 10.2. The molecule has 1 atom stereocenters. The number of fused-ring (bicyclic) bond motifs is 3. The molecule has 3 aromatic rings. The number of alkyl halides is 3. The number of ether oxygens (including phenoxy) is 1. The zero-order valence-corrected chi connectivity index (χ0v) is 14.0. The molecule has 0 radical (unpaired) electrons. The first-order chi connectivity index (χ1) is 11.0. The van der Waals surface area contributed by atoms with Crippen LogP contribution in [0.4, 0.5) is 13.2 Å². The first kappa shape index (κ1) is 15.2. The Labute approximate surface area is 142 Å². The second-order valence-electron chi connectivity index (χ2n) is 5.46. The highest BCUT2D eigenvalue weighted by atomic mass is 127. The molecule has 1 saturated heterocycles. The topological polar surface area (TPSA) is 44.3 Å². The summed E-state index contributed by atoms with van der Waals surface area (Å²) < 4.78 is 48.5. The van der Waals surface area contributed by atoms with Gasteiger partial charge in [0.2, 0.25) is 0 Å². The number of hydrogen-bond acceptors (Lipinski definition) is 3. The standard InChI is InChI=1S/C14H12F3IN4O/c15-14(16,17)9-5-3-4-8-11-12(18)19-22(13(11)20-21(8)9)10-6-1-2-7-23-10/h3-5,10H,1-2,6-7H2. The van der Waals surface area contributed by atoms with E-state index in [9.17, 15) is 13.2 Å². The minimum atomic E-state index is -4.46. The molecule has 3 aromatic heterocycles. The van der Waals surface area contributed by atoms with E-state index in [0.29, 0.717) is 26.9 Å². The third-order valence-electron chi connectivity index (χ3n) is 3.98. The van der Waals surface area contributed by atoms with Gasteiger partial charge in [-0.05, 0) is 54.0 Å². The van der Waals surface area contributed by atoms with Crippen molar-refractivity contribution in [3.8, 4) is 0 Å². The molecular weight excluding hydrogens is 424 g/mol. The fourth-order valence-electron chi connectivity index (χ4n) is 2.94. The highest BCUT2D eigenvalue weighted by molar-refractivity contribution is 14.1. The van der Waals surface area contributed by atoms with Crippen LogP contribution in [0.2, 0.25) is 0 Å². The average molecular weight is 436 g/mol. The summed E-state index contributed by atoms with van der Waals surface area (Å²) in [5.41, 5.74) is 0.0393. The van der Waals surface area contributed by atoms with E-state index >= 15 is 0 Å². The van der Waals surface area contributed by atoms with Gasteiger partial charge in [-0.2, -0.15) is 18.3 Å². The molecule has 5 nitrogen and oxygen atoms in total. The summed E-state index contributed by atoms with van der Waals surface area (Å²) in [6.45, 7) is 0.629. The lowest BCUT2D eigenvalue weighted by Crippen LogP contribution is -2.19. The normalized spacial score (nSPS) is 19.7. The second-order valence-corrected chi connectivity index (χ2v) is 6.48. The predicted molar refractivity (Wildman–Crippen MR) is 85.0 cm³/mol. The minimum absolute atomic E-state index is 0.269. The van der Waals surface area contributed by atoms with Gasteiger partial charge in [-0.25, -0.2) is 9.20 Å². The molecule has 1 fully saturated rings. The Morgan fingerprint density at radius 1 is 1.22 bits per heavy atom. The van der Waals surface area contributed by atoms with E-state index in [0.717, 1.165) is 29.8 Å². The molecule has 0 aliphatic carbocycles. The van der Waals surface area contributed by atoms with Gasteiger partial charge in [-0.15, -0.1) is 5.10 Å².